The summed E-state index contributed by atoms with van der Waals surface area (Å²) in [5.41, 5.74) is 2.06. The second kappa shape index (κ2) is 7.65. The van der Waals surface area contributed by atoms with Crippen molar-refractivity contribution in [1.82, 2.24) is 5.32 Å². The first kappa shape index (κ1) is 19.7. The Morgan fingerprint density at radius 2 is 1.69 bits per heavy atom. The predicted octanol–water partition coefficient (Wildman–Crippen LogP) is 3.52. The second-order valence-electron chi connectivity index (χ2n) is 7.27. The standard InChI is InChI=1S/C22H24FN3O2S/c1-16-7-8-17(23)15-21(16)25(2)29(27,28)22-10-9-20(26-13-11-24-12-14-26)18-5-3-4-6-19(18)22/h3-10,15,24H,11-14H2,1-2H3. The zero-order valence-corrected chi connectivity index (χ0v) is 17.3. The maximum absolute atomic E-state index is 13.8. The van der Waals surface area contributed by atoms with Crippen molar-refractivity contribution in [3.63, 3.8) is 0 Å². The molecule has 1 aliphatic rings. The minimum absolute atomic E-state index is 0.221. The molecule has 3 aromatic carbocycles. The highest BCUT2D eigenvalue weighted by atomic mass is 32.2. The Hall–Kier alpha value is -2.64. The lowest BCUT2D eigenvalue weighted by Crippen LogP contribution is -2.43. The minimum Gasteiger partial charge on any atom is -0.368 e. The maximum Gasteiger partial charge on any atom is 0.264 e. The van der Waals surface area contributed by atoms with Gasteiger partial charge in [-0.05, 0) is 36.8 Å². The van der Waals surface area contributed by atoms with Gasteiger partial charge in [0.1, 0.15) is 5.82 Å². The normalized spacial score (nSPS) is 14.9. The molecule has 0 spiro atoms. The van der Waals surface area contributed by atoms with E-state index in [1.807, 2.05) is 30.3 Å². The van der Waals surface area contributed by atoms with Gasteiger partial charge in [-0.3, -0.25) is 4.31 Å². The van der Waals surface area contributed by atoms with Crippen molar-refractivity contribution in [1.29, 1.82) is 0 Å². The lowest BCUT2D eigenvalue weighted by molar-refractivity contribution is 0.589. The predicted molar refractivity (Wildman–Crippen MR) is 116 cm³/mol. The molecule has 0 amide bonds. The topological polar surface area (TPSA) is 52.7 Å². The van der Waals surface area contributed by atoms with Gasteiger partial charge in [0.15, 0.2) is 0 Å². The molecular weight excluding hydrogens is 389 g/mol. The fourth-order valence-electron chi connectivity index (χ4n) is 3.86. The molecule has 0 aliphatic carbocycles. The SMILES string of the molecule is Cc1ccc(F)cc1N(C)S(=O)(=O)c1ccc(N2CCNCC2)c2ccccc12. The van der Waals surface area contributed by atoms with Gasteiger partial charge in [-0.1, -0.05) is 30.3 Å². The second-order valence-corrected chi connectivity index (χ2v) is 9.21. The summed E-state index contributed by atoms with van der Waals surface area (Å²) in [7, 11) is -2.40. The van der Waals surface area contributed by atoms with Crippen LogP contribution in [-0.2, 0) is 10.0 Å². The molecular formula is C22H24FN3O2S. The summed E-state index contributed by atoms with van der Waals surface area (Å²) >= 11 is 0. The molecule has 0 atom stereocenters. The van der Waals surface area contributed by atoms with Crippen LogP contribution < -0.4 is 14.5 Å². The van der Waals surface area contributed by atoms with E-state index in [-0.39, 0.29) is 4.90 Å². The minimum atomic E-state index is -3.87. The average molecular weight is 414 g/mol. The Morgan fingerprint density at radius 3 is 2.41 bits per heavy atom. The van der Waals surface area contributed by atoms with Crippen molar-refractivity contribution < 1.29 is 12.8 Å². The van der Waals surface area contributed by atoms with Gasteiger partial charge in [0, 0.05) is 49.7 Å². The third-order valence-electron chi connectivity index (χ3n) is 5.47. The fourth-order valence-corrected chi connectivity index (χ4v) is 5.31. The van der Waals surface area contributed by atoms with Crippen LogP contribution in [0.15, 0.2) is 59.5 Å². The summed E-state index contributed by atoms with van der Waals surface area (Å²) in [4.78, 5) is 2.49. The van der Waals surface area contributed by atoms with Gasteiger partial charge in [0.05, 0.1) is 10.6 Å². The van der Waals surface area contributed by atoms with Gasteiger partial charge in [0.25, 0.3) is 10.0 Å². The summed E-state index contributed by atoms with van der Waals surface area (Å²) < 4.78 is 41.9. The van der Waals surface area contributed by atoms with Gasteiger partial charge in [0.2, 0.25) is 0 Å². The number of benzene rings is 3. The van der Waals surface area contributed by atoms with Crippen LogP contribution in [0.25, 0.3) is 10.8 Å². The molecule has 1 saturated heterocycles. The largest absolute Gasteiger partial charge is 0.368 e. The van der Waals surface area contributed by atoms with Gasteiger partial charge in [-0.25, -0.2) is 12.8 Å². The summed E-state index contributed by atoms with van der Waals surface area (Å²) in [5, 5.41) is 4.91. The first-order valence-corrected chi connectivity index (χ1v) is 11.1. The highest BCUT2D eigenvalue weighted by Crippen LogP contribution is 2.35. The molecule has 3 aromatic rings. The molecule has 7 heteroatoms. The van der Waals surface area contributed by atoms with E-state index in [4.69, 9.17) is 0 Å². The molecule has 0 radical (unpaired) electrons. The zero-order chi connectivity index (χ0) is 20.6. The highest BCUT2D eigenvalue weighted by Gasteiger charge is 2.26. The molecule has 1 heterocycles. The number of nitrogens with one attached hydrogen (secondary N) is 1. The third kappa shape index (κ3) is 3.56. The van der Waals surface area contributed by atoms with E-state index in [9.17, 15) is 12.8 Å². The summed E-state index contributed by atoms with van der Waals surface area (Å²) in [6, 6.07) is 15.3. The number of rotatable bonds is 4. The average Bonchev–Trinajstić information content (AvgIpc) is 2.74. The molecule has 1 fully saturated rings. The molecule has 0 unspecified atom stereocenters. The Labute approximate surface area is 170 Å². The molecule has 1 aliphatic heterocycles. The van der Waals surface area contributed by atoms with E-state index in [0.29, 0.717) is 16.6 Å². The van der Waals surface area contributed by atoms with Crippen molar-refractivity contribution in [2.75, 3.05) is 42.4 Å². The van der Waals surface area contributed by atoms with Gasteiger partial charge in [-0.2, -0.15) is 0 Å². The number of aryl methyl sites for hydroxylation is 1. The highest BCUT2D eigenvalue weighted by molar-refractivity contribution is 7.93. The van der Waals surface area contributed by atoms with Gasteiger partial charge < -0.3 is 10.2 Å². The molecule has 0 bridgehead atoms. The van der Waals surface area contributed by atoms with Crippen molar-refractivity contribution >= 4 is 32.2 Å². The van der Waals surface area contributed by atoms with Crippen molar-refractivity contribution in [2.45, 2.75) is 11.8 Å². The molecule has 152 valence electrons. The molecule has 29 heavy (non-hydrogen) atoms. The fraction of sp³-hybridized carbons (Fsp3) is 0.273. The number of hydrogen-bond acceptors (Lipinski definition) is 4. The molecule has 5 nitrogen and oxygen atoms in total. The number of anilines is 2. The first-order valence-electron chi connectivity index (χ1n) is 9.62. The number of fused-ring (bicyclic) bond motifs is 1. The number of hydrogen-bond donors (Lipinski definition) is 1. The Balaban J connectivity index is 1.84. The number of nitrogens with zero attached hydrogens (tertiary/aromatic N) is 2. The maximum atomic E-state index is 13.8. The Bertz CT molecular complexity index is 1160. The van der Waals surface area contributed by atoms with E-state index < -0.39 is 15.8 Å². The van der Waals surface area contributed by atoms with Crippen LogP contribution in [0.3, 0.4) is 0 Å². The van der Waals surface area contributed by atoms with E-state index in [1.165, 1.54) is 19.2 Å². The lowest BCUT2D eigenvalue weighted by atomic mass is 10.1. The number of halogens is 1. The first-order chi connectivity index (χ1) is 13.9. The summed E-state index contributed by atoms with van der Waals surface area (Å²) in [6.07, 6.45) is 0. The summed E-state index contributed by atoms with van der Waals surface area (Å²) in [6.45, 7) is 5.31. The molecule has 0 saturated carbocycles. The van der Waals surface area contributed by atoms with Crippen LogP contribution in [0, 0.1) is 12.7 Å². The summed E-state index contributed by atoms with van der Waals surface area (Å²) in [5.74, 6) is -0.466. The van der Waals surface area contributed by atoms with Crippen molar-refractivity contribution in [3.8, 4) is 0 Å². The van der Waals surface area contributed by atoms with E-state index >= 15 is 0 Å². The number of piperazine rings is 1. The van der Waals surface area contributed by atoms with Crippen LogP contribution in [0.5, 0.6) is 0 Å². The van der Waals surface area contributed by atoms with E-state index in [1.54, 1.807) is 19.1 Å². The van der Waals surface area contributed by atoms with Gasteiger partial charge >= 0.3 is 0 Å². The zero-order valence-electron chi connectivity index (χ0n) is 16.5. The van der Waals surface area contributed by atoms with Crippen LogP contribution in [0.4, 0.5) is 15.8 Å². The molecule has 1 N–H and O–H groups in total. The quantitative estimate of drug-likeness (QED) is 0.711. The van der Waals surface area contributed by atoms with Crippen molar-refractivity contribution in [3.05, 3.63) is 66.0 Å². The van der Waals surface area contributed by atoms with Crippen LogP contribution in [-0.4, -0.2) is 41.6 Å². The Morgan fingerprint density at radius 1 is 1.00 bits per heavy atom. The lowest BCUT2D eigenvalue weighted by Gasteiger charge is -2.31. The van der Waals surface area contributed by atoms with E-state index in [2.05, 4.69) is 10.2 Å². The van der Waals surface area contributed by atoms with E-state index in [0.717, 1.165) is 41.6 Å². The smallest absolute Gasteiger partial charge is 0.264 e. The Kier molecular flexibility index (Phi) is 5.19. The van der Waals surface area contributed by atoms with Crippen LogP contribution >= 0.6 is 0 Å². The van der Waals surface area contributed by atoms with Crippen LogP contribution in [0.1, 0.15) is 5.56 Å². The molecule has 4 rings (SSSR count). The van der Waals surface area contributed by atoms with Crippen LogP contribution in [0.2, 0.25) is 0 Å². The monoisotopic (exact) mass is 413 g/mol. The number of sulfonamides is 1. The van der Waals surface area contributed by atoms with Crippen molar-refractivity contribution in [2.24, 2.45) is 0 Å². The van der Waals surface area contributed by atoms with Gasteiger partial charge in [-0.15, -0.1) is 0 Å². The third-order valence-corrected chi connectivity index (χ3v) is 7.30. The molecule has 0 aromatic heterocycles.